The molecule has 0 saturated carbocycles. The zero-order valence-corrected chi connectivity index (χ0v) is 15.8. The molecule has 25 heavy (non-hydrogen) atoms. The number of ether oxygens (including phenoxy) is 1. The van der Waals surface area contributed by atoms with Crippen LogP contribution in [0.15, 0.2) is 11.1 Å². The number of rotatable bonds is 4. The lowest BCUT2D eigenvalue weighted by molar-refractivity contribution is -0.0939. The second-order valence-electron chi connectivity index (χ2n) is 7.62. The molecule has 1 fully saturated rings. The van der Waals surface area contributed by atoms with Crippen molar-refractivity contribution < 1.29 is 14.9 Å². The number of aliphatic hydroxyl groups is 2. The molecule has 1 saturated heterocycles. The van der Waals surface area contributed by atoms with Gasteiger partial charge < -0.3 is 19.9 Å². The molecule has 4 atom stereocenters. The zero-order chi connectivity index (χ0) is 18.6. The fourth-order valence-electron chi connectivity index (χ4n) is 3.16. The van der Waals surface area contributed by atoms with Crippen molar-refractivity contribution in [1.82, 2.24) is 19.5 Å². The summed E-state index contributed by atoms with van der Waals surface area (Å²) >= 11 is 0. The van der Waals surface area contributed by atoms with Crippen LogP contribution >= 0.6 is 6.89 Å². The van der Waals surface area contributed by atoms with Crippen molar-refractivity contribution in [1.29, 1.82) is 0 Å². The topological polar surface area (TPSA) is 113 Å². The molecule has 1 aliphatic heterocycles. The van der Waals surface area contributed by atoms with Gasteiger partial charge in [-0.25, -0.2) is 9.97 Å². The molecule has 0 aromatic carbocycles. The highest BCUT2D eigenvalue weighted by atomic mass is 31.2. The number of H-pyrrole nitrogens is 1. The van der Waals surface area contributed by atoms with Gasteiger partial charge >= 0.3 is 0 Å². The lowest BCUT2D eigenvalue weighted by Gasteiger charge is -2.27. The fourth-order valence-corrected chi connectivity index (χ4v) is 4.11. The number of hydrogen-bond donors (Lipinski definition) is 3. The highest BCUT2D eigenvalue weighted by Crippen LogP contribution is 2.43. The van der Waals surface area contributed by atoms with E-state index in [0.717, 1.165) is 6.16 Å². The Balaban J connectivity index is 1.97. The Labute approximate surface area is 145 Å². The summed E-state index contributed by atoms with van der Waals surface area (Å²) in [6, 6.07) is 0. The summed E-state index contributed by atoms with van der Waals surface area (Å²) in [5, 5.41) is 21.4. The first-order valence-corrected chi connectivity index (χ1v) is 11.2. The summed E-state index contributed by atoms with van der Waals surface area (Å²) in [6.07, 6.45) is 4.60. The standard InChI is InChI=1S/C16H25N4O4P/c1-9-18-13-11(14(22)19-9)17-8-20(13)15-16(2,23)12(21)10(24-15)6-7-25(3,4)5/h8,10,12,15,21,23H,3,6-7H2,1-2,4-5H3,(H,18,19,22)/t10?,12-,15?,16-/m1/s1. The van der Waals surface area contributed by atoms with Crippen LogP contribution in [0.1, 0.15) is 25.4 Å². The number of aromatic amines is 1. The number of aryl methyl sites for hydroxylation is 1. The molecule has 3 rings (SSSR count). The minimum atomic E-state index is -1.53. The molecule has 2 aromatic heterocycles. The van der Waals surface area contributed by atoms with Crippen molar-refractivity contribution in [2.45, 2.75) is 44.3 Å². The molecule has 2 unspecified atom stereocenters. The Morgan fingerprint density at radius 3 is 2.84 bits per heavy atom. The molecule has 138 valence electrons. The van der Waals surface area contributed by atoms with Gasteiger partial charge in [0.2, 0.25) is 0 Å². The van der Waals surface area contributed by atoms with Crippen molar-refractivity contribution in [2.24, 2.45) is 0 Å². The lowest BCUT2D eigenvalue weighted by atomic mass is 9.95. The first-order chi connectivity index (χ1) is 11.5. The van der Waals surface area contributed by atoms with Crippen LogP contribution < -0.4 is 5.56 Å². The van der Waals surface area contributed by atoms with Crippen LogP contribution in [0.25, 0.3) is 11.2 Å². The minimum Gasteiger partial charge on any atom is -0.387 e. The van der Waals surface area contributed by atoms with Crippen LogP contribution in [-0.2, 0) is 4.74 Å². The zero-order valence-electron chi connectivity index (χ0n) is 14.9. The molecular formula is C16H25N4O4P. The molecule has 1 aliphatic rings. The molecule has 0 amide bonds. The number of hydrogen-bond acceptors (Lipinski definition) is 6. The third kappa shape index (κ3) is 3.31. The van der Waals surface area contributed by atoms with Gasteiger partial charge in [0, 0.05) is 0 Å². The van der Waals surface area contributed by atoms with Crippen molar-refractivity contribution in [3.63, 3.8) is 0 Å². The summed E-state index contributed by atoms with van der Waals surface area (Å²) < 4.78 is 7.50. The maximum atomic E-state index is 12.0. The molecule has 0 radical (unpaired) electrons. The van der Waals surface area contributed by atoms with E-state index in [2.05, 4.69) is 34.6 Å². The SMILES string of the molecule is C=P(C)(C)CCC1OC(n2cnc3c(=O)[nH]c(C)nc32)[C@](C)(O)[C@@H]1O. The normalized spacial score (nSPS) is 30.2. The van der Waals surface area contributed by atoms with Crippen LogP contribution in [0.5, 0.6) is 0 Å². The van der Waals surface area contributed by atoms with E-state index < -0.39 is 30.9 Å². The molecule has 0 spiro atoms. The summed E-state index contributed by atoms with van der Waals surface area (Å²) in [4.78, 5) is 23.0. The van der Waals surface area contributed by atoms with Crippen molar-refractivity contribution in [3.8, 4) is 0 Å². The van der Waals surface area contributed by atoms with Gasteiger partial charge in [-0.2, -0.15) is 0 Å². The van der Waals surface area contributed by atoms with Gasteiger partial charge in [0.1, 0.15) is 17.5 Å². The van der Waals surface area contributed by atoms with Crippen molar-refractivity contribution >= 4 is 24.3 Å². The van der Waals surface area contributed by atoms with Gasteiger partial charge in [0.15, 0.2) is 17.4 Å². The lowest BCUT2D eigenvalue weighted by Crippen LogP contribution is -2.43. The monoisotopic (exact) mass is 368 g/mol. The first-order valence-electron chi connectivity index (χ1n) is 8.17. The van der Waals surface area contributed by atoms with Crippen LogP contribution in [0.4, 0.5) is 0 Å². The smallest absolute Gasteiger partial charge is 0.279 e. The average molecular weight is 368 g/mol. The predicted octanol–water partition coefficient (Wildman–Crippen LogP) is 0.537. The summed E-state index contributed by atoms with van der Waals surface area (Å²) in [6.45, 7) is 6.16. The Kier molecular flexibility index (Phi) is 4.44. The van der Waals surface area contributed by atoms with Crippen molar-refractivity contribution in [3.05, 3.63) is 22.5 Å². The van der Waals surface area contributed by atoms with Gasteiger partial charge in [-0.1, -0.05) is 0 Å². The van der Waals surface area contributed by atoms with E-state index in [4.69, 9.17) is 4.74 Å². The van der Waals surface area contributed by atoms with Gasteiger partial charge in [0.05, 0.1) is 12.4 Å². The predicted molar refractivity (Wildman–Crippen MR) is 98.8 cm³/mol. The van der Waals surface area contributed by atoms with E-state index in [0.29, 0.717) is 17.9 Å². The second kappa shape index (κ2) is 6.06. The average Bonchev–Trinajstić information content (AvgIpc) is 2.97. The molecule has 2 aromatic rings. The van der Waals surface area contributed by atoms with Gasteiger partial charge in [-0.3, -0.25) is 9.36 Å². The highest BCUT2D eigenvalue weighted by Gasteiger charge is 2.53. The number of nitrogens with one attached hydrogen (secondary N) is 1. The molecule has 9 heteroatoms. The number of aliphatic hydroxyl groups excluding tert-OH is 1. The maximum absolute atomic E-state index is 12.0. The van der Waals surface area contributed by atoms with E-state index in [-0.39, 0.29) is 11.1 Å². The van der Waals surface area contributed by atoms with E-state index >= 15 is 0 Å². The van der Waals surface area contributed by atoms with Crippen LogP contribution in [-0.4, -0.2) is 73.3 Å². The van der Waals surface area contributed by atoms with E-state index in [1.807, 2.05) is 0 Å². The molecule has 3 N–H and O–H groups in total. The van der Waals surface area contributed by atoms with E-state index in [1.54, 1.807) is 6.92 Å². The Morgan fingerprint density at radius 2 is 2.20 bits per heavy atom. The quantitative estimate of drug-likeness (QED) is 0.679. The number of aromatic nitrogens is 4. The number of fused-ring (bicyclic) bond motifs is 1. The van der Waals surface area contributed by atoms with Gasteiger partial charge in [0.25, 0.3) is 5.56 Å². The van der Waals surface area contributed by atoms with E-state index in [1.165, 1.54) is 17.8 Å². The maximum Gasteiger partial charge on any atom is 0.279 e. The second-order valence-corrected chi connectivity index (χ2v) is 11.9. The summed E-state index contributed by atoms with van der Waals surface area (Å²) in [5.41, 5.74) is -1.38. The molecule has 3 heterocycles. The Hall–Kier alpha value is -1.47. The van der Waals surface area contributed by atoms with Crippen molar-refractivity contribution in [2.75, 3.05) is 19.5 Å². The first kappa shape index (κ1) is 18.3. The third-order valence-electron chi connectivity index (χ3n) is 4.58. The Morgan fingerprint density at radius 1 is 1.52 bits per heavy atom. The largest absolute Gasteiger partial charge is 0.387 e. The minimum absolute atomic E-state index is 0.174. The van der Waals surface area contributed by atoms with Crippen LogP contribution in [0, 0.1) is 6.92 Å². The van der Waals surface area contributed by atoms with E-state index in [9.17, 15) is 15.0 Å². The summed E-state index contributed by atoms with van der Waals surface area (Å²) in [5.74, 6) is 0.442. The Bertz CT molecular complexity index is 897. The van der Waals surface area contributed by atoms with Gasteiger partial charge in [-0.15, -0.1) is 13.2 Å². The molecular weight excluding hydrogens is 343 g/mol. The molecule has 8 nitrogen and oxygen atoms in total. The third-order valence-corrected chi connectivity index (χ3v) is 6.05. The molecule has 0 bridgehead atoms. The molecule has 0 aliphatic carbocycles. The van der Waals surface area contributed by atoms with Crippen LogP contribution in [0.3, 0.4) is 0 Å². The van der Waals surface area contributed by atoms with Gasteiger partial charge in [-0.05, 0) is 39.8 Å². The number of imidazole rings is 1. The summed E-state index contributed by atoms with van der Waals surface area (Å²) in [7, 11) is 0. The highest BCUT2D eigenvalue weighted by molar-refractivity contribution is 7.72. The van der Waals surface area contributed by atoms with Crippen LogP contribution in [0.2, 0.25) is 0 Å². The fraction of sp³-hybridized carbons (Fsp3) is 0.625. The number of nitrogens with zero attached hydrogens (tertiary/aromatic N) is 3.